The lowest BCUT2D eigenvalue weighted by atomic mass is 9.98. The van der Waals surface area contributed by atoms with Gasteiger partial charge in [0.2, 0.25) is 0 Å². The van der Waals surface area contributed by atoms with Crippen LogP contribution in [0.1, 0.15) is 131 Å². The number of para-hydroxylation sites is 4. The van der Waals surface area contributed by atoms with E-state index in [0.717, 1.165) is 44.3 Å². The maximum atomic E-state index is 13.7. The molecule has 6 aromatic carbocycles. The van der Waals surface area contributed by atoms with Crippen LogP contribution in [0, 0.1) is 0 Å². The second kappa shape index (κ2) is 27.1. The Bertz CT molecular complexity index is 3450. The number of aromatic carboxylic acids is 2. The van der Waals surface area contributed by atoms with Gasteiger partial charge in [-0.1, -0.05) is 97.1 Å². The number of aromatic nitrogens is 4. The van der Waals surface area contributed by atoms with Gasteiger partial charge in [0.15, 0.2) is 0 Å². The van der Waals surface area contributed by atoms with Crippen LogP contribution in [0.5, 0.6) is 0 Å². The fraction of sp³-hybridized carbons (Fsp3) is 0.267. The average Bonchev–Trinajstić information content (AvgIpc) is 4.09. The fourth-order valence-electron chi connectivity index (χ4n) is 9.29. The number of benzene rings is 6. The second-order valence-electron chi connectivity index (χ2n) is 19.1. The van der Waals surface area contributed by atoms with Crippen molar-refractivity contribution in [3.63, 3.8) is 0 Å². The summed E-state index contributed by atoms with van der Waals surface area (Å²) in [7, 11) is 0. The molecule has 2 heterocycles. The smallest absolute Gasteiger partial charge is 0.336 e. The Kier molecular flexibility index (Phi) is 19.9. The van der Waals surface area contributed by atoms with Crippen LogP contribution < -0.4 is 22.1 Å². The zero-order valence-corrected chi connectivity index (χ0v) is 45.5. The number of alkyl halides is 2. The van der Waals surface area contributed by atoms with Crippen LogP contribution in [0.3, 0.4) is 0 Å². The van der Waals surface area contributed by atoms with Crippen molar-refractivity contribution in [1.29, 1.82) is 0 Å². The third kappa shape index (κ3) is 14.2. The van der Waals surface area contributed by atoms with Gasteiger partial charge < -0.3 is 41.4 Å². The summed E-state index contributed by atoms with van der Waals surface area (Å²) in [5.74, 6) is -0.890. The van der Waals surface area contributed by atoms with E-state index in [1.165, 1.54) is 12.1 Å². The van der Waals surface area contributed by atoms with Gasteiger partial charge in [-0.25, -0.2) is 19.6 Å². The largest absolute Gasteiger partial charge is 0.478 e. The molecule has 2 atom stereocenters. The van der Waals surface area contributed by atoms with Gasteiger partial charge in [0.05, 0.1) is 68.2 Å². The van der Waals surface area contributed by atoms with E-state index in [2.05, 4.69) is 57.4 Å². The molecule has 18 heteroatoms. The maximum absolute atomic E-state index is 13.7. The average molecular weight is 1090 g/mol. The highest BCUT2D eigenvalue weighted by Crippen LogP contribution is 2.31. The summed E-state index contributed by atoms with van der Waals surface area (Å²) in [5.41, 5.74) is 18.3. The molecule has 404 valence electrons. The quantitative estimate of drug-likeness (QED) is 0.0162. The van der Waals surface area contributed by atoms with Gasteiger partial charge >= 0.3 is 11.9 Å². The highest BCUT2D eigenvalue weighted by atomic mass is 35.5. The molecule has 0 spiro atoms. The molecule has 0 fully saturated rings. The first-order valence-electron chi connectivity index (χ1n) is 25.7. The Morgan fingerprint density at radius 3 is 1.31 bits per heavy atom. The number of halogens is 2. The molecule has 8 aromatic rings. The molecule has 8 rings (SSSR count). The zero-order valence-electron chi connectivity index (χ0n) is 43.9. The number of carbonyl (C=O) groups is 4. The number of nitrogens with one attached hydrogen (secondary N) is 2. The first-order chi connectivity index (χ1) is 37.6. The van der Waals surface area contributed by atoms with Gasteiger partial charge in [-0.2, -0.15) is 0 Å². The molecule has 0 saturated heterocycles. The Morgan fingerprint density at radius 2 is 0.897 bits per heavy atom. The molecule has 0 aliphatic carbocycles. The van der Waals surface area contributed by atoms with E-state index in [4.69, 9.17) is 44.6 Å². The van der Waals surface area contributed by atoms with Gasteiger partial charge in [0.1, 0.15) is 23.3 Å². The molecule has 16 nitrogen and oxygen atoms in total. The van der Waals surface area contributed by atoms with Crippen LogP contribution in [0.25, 0.3) is 44.3 Å². The third-order valence-electron chi connectivity index (χ3n) is 12.9. The highest BCUT2D eigenvalue weighted by Gasteiger charge is 2.28. The number of hydrogen-bond donors (Lipinski definition) is 6. The number of nitrogens with zero attached hydrogens (tertiary/aromatic N) is 6. The Hall–Kier alpha value is -8.34. The second-order valence-corrected chi connectivity index (χ2v) is 19.6. The number of aliphatic imine (C=N–C) groups is 2. The summed E-state index contributed by atoms with van der Waals surface area (Å²) in [4.78, 5) is 69.9. The molecule has 0 bridgehead atoms. The number of carboxylic acids is 2. The molecule has 2 aromatic heterocycles. The van der Waals surface area contributed by atoms with Crippen molar-refractivity contribution >= 4 is 80.7 Å². The van der Waals surface area contributed by atoms with Crippen LogP contribution in [0.15, 0.2) is 156 Å². The van der Waals surface area contributed by atoms with Crippen LogP contribution in [-0.4, -0.2) is 89.6 Å². The summed E-state index contributed by atoms with van der Waals surface area (Å²) in [5, 5.41) is 26.0. The highest BCUT2D eigenvalue weighted by molar-refractivity contribution is 6.28. The number of carboxylic acid groups (broad SMARTS) is 2. The first-order valence-corrected chi connectivity index (χ1v) is 26.8. The van der Waals surface area contributed by atoms with Crippen LogP contribution >= 0.6 is 23.2 Å². The molecule has 2 amide bonds. The van der Waals surface area contributed by atoms with Crippen molar-refractivity contribution in [3.8, 4) is 22.3 Å². The zero-order chi connectivity index (χ0) is 55.9. The van der Waals surface area contributed by atoms with E-state index >= 15 is 0 Å². The van der Waals surface area contributed by atoms with Gasteiger partial charge in [0, 0.05) is 25.2 Å². The maximum Gasteiger partial charge on any atom is 0.336 e. The summed E-state index contributed by atoms with van der Waals surface area (Å²) in [6.07, 6.45) is 2.26. The Balaban J connectivity index is 0.000000226. The molecule has 0 aliphatic heterocycles. The fourth-order valence-corrected chi connectivity index (χ4v) is 9.45. The summed E-state index contributed by atoms with van der Waals surface area (Å²) >= 11 is 11.5. The van der Waals surface area contributed by atoms with E-state index < -0.39 is 35.8 Å². The molecular formula is C60H64Cl2N10O6. The van der Waals surface area contributed by atoms with Crippen LogP contribution in [0.2, 0.25) is 0 Å². The van der Waals surface area contributed by atoms with Gasteiger partial charge in [-0.15, -0.1) is 23.2 Å². The van der Waals surface area contributed by atoms with E-state index in [9.17, 15) is 29.4 Å². The standard InChI is InChI=1S/2C30H32ClN5O3/c1-19(2)36-26-13-7-6-11-24(26)34-28(36)25(12-8-16-33-27(32)18-31)35-29(37)23-17-21(14-15-22(23)30(38)39)20-9-4-3-5-10-20;1-19(2)36-26-13-7-6-11-24(26)34-28(36)25(12-8-16-33-27(32)18-31)35-29(37)22-15-14-21(17-23(22)30(38)39)20-9-4-3-5-10-20/h2*3-7,9-11,13-15,17,19,25H,8,12,16,18H2,1-2H3,(H2,32,33)(H,35,37)(H,38,39)/t2*25-/m00/s1. The van der Waals surface area contributed by atoms with Gasteiger partial charge in [0.25, 0.3) is 11.8 Å². The van der Waals surface area contributed by atoms with E-state index in [1.54, 1.807) is 24.3 Å². The van der Waals surface area contributed by atoms with E-state index in [1.807, 2.05) is 109 Å². The number of nitrogens with two attached hydrogens (primary N) is 2. The lowest BCUT2D eigenvalue weighted by molar-refractivity contribution is 0.0682. The number of fused-ring (bicyclic) bond motifs is 2. The van der Waals surface area contributed by atoms with Crippen molar-refractivity contribution in [1.82, 2.24) is 29.7 Å². The minimum absolute atomic E-state index is 0.0653. The summed E-state index contributed by atoms with van der Waals surface area (Å²) in [6.45, 7) is 9.14. The van der Waals surface area contributed by atoms with Crippen molar-refractivity contribution in [2.45, 2.75) is 77.5 Å². The predicted octanol–water partition coefficient (Wildman–Crippen LogP) is 11.7. The number of carbonyl (C=O) groups excluding carboxylic acids is 2. The molecule has 0 radical (unpaired) electrons. The minimum Gasteiger partial charge on any atom is -0.478 e. The lowest BCUT2D eigenvalue weighted by Crippen LogP contribution is -2.32. The van der Waals surface area contributed by atoms with Crippen molar-refractivity contribution in [2.24, 2.45) is 21.5 Å². The third-order valence-corrected chi connectivity index (χ3v) is 13.5. The topological polar surface area (TPSA) is 245 Å². The van der Waals surface area contributed by atoms with Crippen molar-refractivity contribution in [2.75, 3.05) is 24.8 Å². The van der Waals surface area contributed by atoms with Crippen molar-refractivity contribution < 1.29 is 29.4 Å². The molecule has 78 heavy (non-hydrogen) atoms. The van der Waals surface area contributed by atoms with Gasteiger partial charge in [-0.05, 0) is 124 Å². The Morgan fingerprint density at radius 1 is 0.513 bits per heavy atom. The Labute approximate surface area is 463 Å². The minimum atomic E-state index is -1.17. The number of rotatable bonds is 22. The monoisotopic (exact) mass is 1090 g/mol. The first kappa shape index (κ1) is 57.4. The lowest BCUT2D eigenvalue weighted by Gasteiger charge is -2.22. The molecule has 0 aliphatic rings. The molecular weight excluding hydrogens is 1030 g/mol. The molecule has 0 unspecified atom stereocenters. The number of hydrogen-bond acceptors (Lipinski definition) is 8. The molecule has 0 saturated carbocycles. The van der Waals surface area contributed by atoms with Crippen molar-refractivity contribution in [3.05, 3.63) is 179 Å². The summed E-state index contributed by atoms with van der Waals surface area (Å²) in [6, 6.07) is 43.5. The van der Waals surface area contributed by atoms with Crippen LogP contribution in [0.4, 0.5) is 0 Å². The number of imidazole rings is 2. The molecule has 8 N–H and O–H groups in total. The van der Waals surface area contributed by atoms with E-state index in [-0.39, 0.29) is 46.1 Å². The van der Waals surface area contributed by atoms with Crippen LogP contribution in [-0.2, 0) is 0 Å². The summed E-state index contributed by atoms with van der Waals surface area (Å²) < 4.78 is 4.21. The SMILES string of the molecule is CC(C)n1c([C@H](CCCN=C(N)CCl)NC(=O)c2cc(-c3ccccc3)ccc2C(=O)O)nc2ccccc21.CC(C)n1c([C@H](CCCN=C(N)CCl)NC(=O)c2ccc(-c3ccccc3)cc2C(=O)O)nc2ccccc21. The number of amidine groups is 2. The predicted molar refractivity (Wildman–Crippen MR) is 311 cm³/mol. The van der Waals surface area contributed by atoms with E-state index in [0.29, 0.717) is 62.1 Å². The number of amides is 2. The normalized spacial score (nSPS) is 12.6. The van der Waals surface area contributed by atoms with Gasteiger partial charge in [-0.3, -0.25) is 19.6 Å².